The molecule has 104 valence electrons. The van der Waals surface area contributed by atoms with Gasteiger partial charge < -0.3 is 10.0 Å². The minimum atomic E-state index is -0.967. The Labute approximate surface area is 111 Å². The quantitative estimate of drug-likeness (QED) is 0.841. The van der Waals surface area contributed by atoms with Crippen LogP contribution in [0.1, 0.15) is 11.6 Å². The molecular formula is C13H18FN3O2. The maximum atomic E-state index is 12.9. The summed E-state index contributed by atoms with van der Waals surface area (Å²) in [5.41, 5.74) is 3.55. The van der Waals surface area contributed by atoms with E-state index in [2.05, 4.69) is 10.3 Å². The van der Waals surface area contributed by atoms with E-state index in [-0.39, 0.29) is 5.82 Å². The molecule has 0 spiro atoms. The van der Waals surface area contributed by atoms with Crippen molar-refractivity contribution in [2.45, 2.75) is 6.04 Å². The molecule has 1 fully saturated rings. The molecular weight excluding hydrogens is 249 g/mol. The highest BCUT2D eigenvalue weighted by Gasteiger charge is 2.24. The fraction of sp³-hybridized carbons (Fsp3) is 0.462. The minimum Gasteiger partial charge on any atom is -0.480 e. The van der Waals surface area contributed by atoms with Gasteiger partial charge in [-0.15, -0.1) is 0 Å². The van der Waals surface area contributed by atoms with Crippen molar-refractivity contribution < 1.29 is 14.3 Å². The smallest absolute Gasteiger partial charge is 0.326 e. The molecule has 1 saturated heterocycles. The summed E-state index contributed by atoms with van der Waals surface area (Å²) in [6.45, 7) is 3.31. The number of piperazine rings is 1. The van der Waals surface area contributed by atoms with Gasteiger partial charge in [-0.2, -0.15) is 0 Å². The summed E-state index contributed by atoms with van der Waals surface area (Å²) in [5.74, 6) is -1.34. The molecule has 5 nitrogen and oxygen atoms in total. The first-order chi connectivity index (χ1) is 9.06. The molecule has 0 radical (unpaired) electrons. The number of hydrazine groups is 1. The Kier molecular flexibility index (Phi) is 4.47. The SMILES string of the molecule is CN1CCN(NC(C(=O)O)c2ccc(F)cc2)CC1. The molecule has 0 aliphatic carbocycles. The third-order valence-corrected chi connectivity index (χ3v) is 3.27. The van der Waals surface area contributed by atoms with Crippen LogP contribution in [0.4, 0.5) is 4.39 Å². The van der Waals surface area contributed by atoms with Crippen molar-refractivity contribution in [3.63, 3.8) is 0 Å². The predicted octanol–water partition coefficient (Wildman–Crippen LogP) is 0.703. The van der Waals surface area contributed by atoms with E-state index in [4.69, 9.17) is 0 Å². The average Bonchev–Trinajstić information content (AvgIpc) is 2.39. The summed E-state index contributed by atoms with van der Waals surface area (Å²) in [6.07, 6.45) is 0. The Morgan fingerprint density at radius 1 is 1.26 bits per heavy atom. The van der Waals surface area contributed by atoms with Gasteiger partial charge in [-0.05, 0) is 24.7 Å². The van der Waals surface area contributed by atoms with Crippen LogP contribution >= 0.6 is 0 Å². The van der Waals surface area contributed by atoms with Gasteiger partial charge in [0.05, 0.1) is 0 Å². The second-order valence-corrected chi connectivity index (χ2v) is 4.74. The van der Waals surface area contributed by atoms with Crippen molar-refractivity contribution in [1.82, 2.24) is 15.3 Å². The van der Waals surface area contributed by atoms with Gasteiger partial charge in [0.2, 0.25) is 0 Å². The highest BCUT2D eigenvalue weighted by atomic mass is 19.1. The van der Waals surface area contributed by atoms with E-state index in [0.29, 0.717) is 5.56 Å². The number of hydrogen-bond acceptors (Lipinski definition) is 4. The van der Waals surface area contributed by atoms with Crippen LogP contribution < -0.4 is 5.43 Å². The number of rotatable bonds is 4. The number of nitrogens with zero attached hydrogens (tertiary/aromatic N) is 2. The fourth-order valence-corrected chi connectivity index (χ4v) is 2.05. The first-order valence-electron chi connectivity index (χ1n) is 6.24. The monoisotopic (exact) mass is 267 g/mol. The van der Waals surface area contributed by atoms with E-state index in [1.165, 1.54) is 24.3 Å². The Hall–Kier alpha value is -1.50. The standard InChI is InChI=1S/C13H18FN3O2/c1-16-6-8-17(9-7-16)15-12(13(18)19)10-2-4-11(14)5-3-10/h2-5,12,15H,6-9H2,1H3,(H,18,19). The molecule has 6 heteroatoms. The molecule has 0 bridgehead atoms. The maximum Gasteiger partial charge on any atom is 0.326 e. The minimum absolute atomic E-state index is 0.368. The first-order valence-corrected chi connectivity index (χ1v) is 6.24. The lowest BCUT2D eigenvalue weighted by molar-refractivity contribution is -0.141. The lowest BCUT2D eigenvalue weighted by Gasteiger charge is -2.34. The van der Waals surface area contributed by atoms with Crippen molar-refractivity contribution in [1.29, 1.82) is 0 Å². The maximum absolute atomic E-state index is 12.9. The van der Waals surface area contributed by atoms with Crippen molar-refractivity contribution in [2.24, 2.45) is 0 Å². The lowest BCUT2D eigenvalue weighted by atomic mass is 10.1. The number of nitrogens with one attached hydrogen (secondary N) is 1. The highest BCUT2D eigenvalue weighted by Crippen LogP contribution is 2.15. The van der Waals surface area contributed by atoms with Gasteiger partial charge in [-0.3, -0.25) is 4.79 Å². The lowest BCUT2D eigenvalue weighted by Crippen LogP contribution is -2.52. The number of hydrogen-bond donors (Lipinski definition) is 2. The van der Waals surface area contributed by atoms with Gasteiger partial charge in [0, 0.05) is 26.2 Å². The second-order valence-electron chi connectivity index (χ2n) is 4.74. The Balaban J connectivity index is 2.04. The molecule has 1 heterocycles. The van der Waals surface area contributed by atoms with Gasteiger partial charge >= 0.3 is 5.97 Å². The zero-order valence-corrected chi connectivity index (χ0v) is 10.8. The summed E-state index contributed by atoms with van der Waals surface area (Å²) in [7, 11) is 2.03. The van der Waals surface area contributed by atoms with Crippen LogP contribution in [0.2, 0.25) is 0 Å². The normalized spacial score (nSPS) is 19.3. The molecule has 1 aromatic carbocycles. The van der Waals surface area contributed by atoms with E-state index < -0.39 is 12.0 Å². The van der Waals surface area contributed by atoms with E-state index in [1.54, 1.807) is 0 Å². The van der Waals surface area contributed by atoms with Crippen LogP contribution in [0, 0.1) is 5.82 Å². The van der Waals surface area contributed by atoms with Crippen molar-refractivity contribution in [2.75, 3.05) is 33.2 Å². The van der Waals surface area contributed by atoms with Crippen LogP contribution in [0.25, 0.3) is 0 Å². The van der Waals surface area contributed by atoms with E-state index in [0.717, 1.165) is 26.2 Å². The third-order valence-electron chi connectivity index (χ3n) is 3.27. The third kappa shape index (κ3) is 3.73. The first kappa shape index (κ1) is 13.9. The molecule has 0 amide bonds. The zero-order chi connectivity index (χ0) is 13.8. The van der Waals surface area contributed by atoms with Gasteiger partial charge in [0.15, 0.2) is 0 Å². The number of benzene rings is 1. The van der Waals surface area contributed by atoms with E-state index in [9.17, 15) is 14.3 Å². The number of carboxylic acids is 1. The van der Waals surface area contributed by atoms with Gasteiger partial charge in [-0.1, -0.05) is 12.1 Å². The fourth-order valence-electron chi connectivity index (χ4n) is 2.05. The summed E-state index contributed by atoms with van der Waals surface area (Å²) in [6, 6.07) is 4.70. The van der Waals surface area contributed by atoms with Gasteiger partial charge in [0.1, 0.15) is 11.9 Å². The van der Waals surface area contributed by atoms with Crippen LogP contribution in [0.5, 0.6) is 0 Å². The van der Waals surface area contributed by atoms with Gasteiger partial charge in [0.25, 0.3) is 0 Å². The molecule has 1 unspecified atom stereocenters. The van der Waals surface area contributed by atoms with Crippen LogP contribution in [-0.2, 0) is 4.79 Å². The summed E-state index contributed by atoms with van der Waals surface area (Å²) < 4.78 is 12.9. The number of carbonyl (C=O) groups is 1. The van der Waals surface area contributed by atoms with Crippen molar-refractivity contribution in [3.05, 3.63) is 35.6 Å². The molecule has 1 aliphatic rings. The van der Waals surface area contributed by atoms with Crippen LogP contribution in [0.15, 0.2) is 24.3 Å². The largest absolute Gasteiger partial charge is 0.480 e. The van der Waals surface area contributed by atoms with E-state index >= 15 is 0 Å². The number of aliphatic carboxylic acids is 1. The summed E-state index contributed by atoms with van der Waals surface area (Å²) >= 11 is 0. The predicted molar refractivity (Wildman–Crippen MR) is 69.0 cm³/mol. The topological polar surface area (TPSA) is 55.8 Å². The second kappa shape index (κ2) is 6.10. The molecule has 1 aliphatic heterocycles. The van der Waals surface area contributed by atoms with Crippen LogP contribution in [-0.4, -0.2) is 54.2 Å². The van der Waals surface area contributed by atoms with Crippen molar-refractivity contribution >= 4 is 5.97 Å². The highest BCUT2D eigenvalue weighted by molar-refractivity contribution is 5.75. The zero-order valence-electron chi connectivity index (χ0n) is 10.8. The molecule has 19 heavy (non-hydrogen) atoms. The molecule has 1 atom stereocenters. The average molecular weight is 267 g/mol. The summed E-state index contributed by atoms with van der Waals surface area (Å²) in [5, 5.41) is 11.2. The van der Waals surface area contributed by atoms with Crippen LogP contribution in [0.3, 0.4) is 0 Å². The van der Waals surface area contributed by atoms with Crippen molar-refractivity contribution in [3.8, 4) is 0 Å². The number of carboxylic acid groups (broad SMARTS) is 1. The molecule has 2 N–H and O–H groups in total. The Morgan fingerprint density at radius 3 is 2.37 bits per heavy atom. The molecule has 0 aromatic heterocycles. The molecule has 2 rings (SSSR count). The Morgan fingerprint density at radius 2 is 1.84 bits per heavy atom. The Bertz CT molecular complexity index is 430. The van der Waals surface area contributed by atoms with E-state index in [1.807, 2.05) is 12.1 Å². The number of likely N-dealkylation sites (N-methyl/N-ethyl adjacent to an activating group) is 1. The summed E-state index contributed by atoms with van der Waals surface area (Å²) in [4.78, 5) is 13.5. The number of halogens is 1. The molecule has 1 aromatic rings. The molecule has 0 saturated carbocycles. The van der Waals surface area contributed by atoms with Gasteiger partial charge in [-0.25, -0.2) is 14.8 Å².